The maximum absolute atomic E-state index is 12.3. The highest BCUT2D eigenvalue weighted by molar-refractivity contribution is 5.96. The van der Waals surface area contributed by atoms with Crippen molar-refractivity contribution in [3.63, 3.8) is 0 Å². The number of carbonyl (C=O) groups is 3. The third-order valence-electron chi connectivity index (χ3n) is 4.26. The van der Waals surface area contributed by atoms with Gasteiger partial charge in [0.2, 0.25) is 6.10 Å². The van der Waals surface area contributed by atoms with E-state index < -0.39 is 23.9 Å². The Labute approximate surface area is 168 Å². The SMILES string of the molecule is NC(=O)C(OC(=O)CNC(=O)c1ccc(-c2ccccc2)cc1)c1ccccc1. The van der Waals surface area contributed by atoms with Crippen LogP contribution in [0.3, 0.4) is 0 Å². The Hall–Kier alpha value is -3.93. The van der Waals surface area contributed by atoms with Crippen molar-refractivity contribution in [2.24, 2.45) is 5.73 Å². The highest BCUT2D eigenvalue weighted by Gasteiger charge is 2.22. The van der Waals surface area contributed by atoms with E-state index in [1.54, 1.807) is 42.5 Å². The molecule has 146 valence electrons. The first-order chi connectivity index (χ1) is 14.0. The van der Waals surface area contributed by atoms with Gasteiger partial charge in [0.15, 0.2) is 0 Å². The average molecular weight is 388 g/mol. The first-order valence-corrected chi connectivity index (χ1v) is 9.02. The van der Waals surface area contributed by atoms with Crippen molar-refractivity contribution in [3.05, 3.63) is 96.1 Å². The van der Waals surface area contributed by atoms with Crippen molar-refractivity contribution in [3.8, 4) is 11.1 Å². The fourth-order valence-electron chi connectivity index (χ4n) is 2.79. The van der Waals surface area contributed by atoms with Gasteiger partial charge < -0.3 is 15.8 Å². The molecule has 0 radical (unpaired) electrons. The quantitative estimate of drug-likeness (QED) is 0.608. The standard InChI is InChI=1S/C23H20N2O4/c24-22(27)21(18-9-5-2-6-10-18)29-20(26)15-25-23(28)19-13-11-17(12-14-19)16-7-3-1-4-8-16/h1-14,21H,15H2,(H2,24,27)(H,25,28). The molecule has 0 fully saturated rings. The zero-order valence-electron chi connectivity index (χ0n) is 15.6. The number of nitrogens with one attached hydrogen (secondary N) is 1. The molecule has 0 aromatic heterocycles. The first-order valence-electron chi connectivity index (χ1n) is 9.02. The summed E-state index contributed by atoms with van der Waals surface area (Å²) in [4.78, 5) is 35.9. The highest BCUT2D eigenvalue weighted by atomic mass is 16.5. The Bertz CT molecular complexity index is 986. The molecule has 3 aromatic rings. The molecule has 0 aliphatic heterocycles. The van der Waals surface area contributed by atoms with Crippen molar-refractivity contribution in [2.75, 3.05) is 6.54 Å². The minimum atomic E-state index is -1.20. The number of amides is 2. The molecular weight excluding hydrogens is 368 g/mol. The number of rotatable bonds is 7. The molecule has 3 rings (SSSR count). The van der Waals surface area contributed by atoms with E-state index in [-0.39, 0.29) is 6.54 Å². The lowest BCUT2D eigenvalue weighted by Gasteiger charge is -2.15. The van der Waals surface area contributed by atoms with Crippen LogP contribution in [0.15, 0.2) is 84.9 Å². The molecule has 0 heterocycles. The number of hydrogen-bond acceptors (Lipinski definition) is 4. The van der Waals surface area contributed by atoms with Gasteiger partial charge in [0.1, 0.15) is 6.54 Å². The molecule has 0 aliphatic rings. The molecule has 6 nitrogen and oxygen atoms in total. The van der Waals surface area contributed by atoms with Gasteiger partial charge in [-0.1, -0.05) is 72.8 Å². The molecular formula is C23H20N2O4. The van der Waals surface area contributed by atoms with E-state index in [1.807, 2.05) is 42.5 Å². The summed E-state index contributed by atoms with van der Waals surface area (Å²) in [5.74, 6) is -1.96. The molecule has 2 amide bonds. The Morgan fingerprint density at radius 2 is 1.34 bits per heavy atom. The van der Waals surface area contributed by atoms with Crippen LogP contribution < -0.4 is 11.1 Å². The van der Waals surface area contributed by atoms with Crippen molar-refractivity contribution in [1.82, 2.24) is 5.32 Å². The van der Waals surface area contributed by atoms with Crippen LogP contribution in [0.2, 0.25) is 0 Å². The lowest BCUT2D eigenvalue weighted by Crippen LogP contribution is -2.33. The Balaban J connectivity index is 1.57. The largest absolute Gasteiger partial charge is 0.446 e. The molecule has 0 saturated heterocycles. The molecule has 29 heavy (non-hydrogen) atoms. The zero-order valence-corrected chi connectivity index (χ0v) is 15.6. The van der Waals surface area contributed by atoms with Gasteiger partial charge in [-0.05, 0) is 23.3 Å². The number of primary amides is 1. The summed E-state index contributed by atoms with van der Waals surface area (Å²) in [6.07, 6.45) is -1.20. The normalized spacial score (nSPS) is 11.3. The topological polar surface area (TPSA) is 98.5 Å². The lowest BCUT2D eigenvalue weighted by molar-refractivity contribution is -0.154. The van der Waals surface area contributed by atoms with Gasteiger partial charge in [-0.2, -0.15) is 0 Å². The van der Waals surface area contributed by atoms with Crippen LogP contribution in [0.1, 0.15) is 22.0 Å². The minimum absolute atomic E-state index is 0.379. The Morgan fingerprint density at radius 3 is 1.93 bits per heavy atom. The number of ether oxygens (including phenoxy) is 1. The van der Waals surface area contributed by atoms with Crippen LogP contribution >= 0.6 is 0 Å². The summed E-state index contributed by atoms with van der Waals surface area (Å²) in [5, 5.41) is 2.49. The second kappa shape index (κ2) is 9.32. The monoisotopic (exact) mass is 388 g/mol. The lowest BCUT2D eigenvalue weighted by atomic mass is 10.0. The van der Waals surface area contributed by atoms with Crippen LogP contribution in [-0.2, 0) is 14.3 Å². The summed E-state index contributed by atoms with van der Waals surface area (Å²) in [6, 6.07) is 25.3. The van der Waals surface area contributed by atoms with E-state index in [0.29, 0.717) is 11.1 Å². The van der Waals surface area contributed by atoms with Crippen LogP contribution in [0.25, 0.3) is 11.1 Å². The third-order valence-corrected chi connectivity index (χ3v) is 4.26. The van der Waals surface area contributed by atoms with Crippen LogP contribution in [-0.4, -0.2) is 24.3 Å². The van der Waals surface area contributed by atoms with Crippen LogP contribution in [0.5, 0.6) is 0 Å². The molecule has 3 aromatic carbocycles. The molecule has 0 spiro atoms. The molecule has 0 aliphatic carbocycles. The van der Waals surface area contributed by atoms with Gasteiger partial charge in [0.05, 0.1) is 0 Å². The molecule has 1 unspecified atom stereocenters. The predicted molar refractivity (Wildman–Crippen MR) is 109 cm³/mol. The molecule has 6 heteroatoms. The number of esters is 1. The third kappa shape index (κ3) is 5.29. The van der Waals surface area contributed by atoms with E-state index in [9.17, 15) is 14.4 Å². The predicted octanol–water partition coefficient (Wildman–Crippen LogP) is 2.85. The number of benzene rings is 3. The highest BCUT2D eigenvalue weighted by Crippen LogP contribution is 2.19. The van der Waals surface area contributed by atoms with Gasteiger partial charge >= 0.3 is 5.97 Å². The van der Waals surface area contributed by atoms with E-state index in [1.165, 1.54) is 0 Å². The van der Waals surface area contributed by atoms with Gasteiger partial charge in [0, 0.05) is 11.1 Å². The Kier molecular flexibility index (Phi) is 6.37. The van der Waals surface area contributed by atoms with Gasteiger partial charge in [0.25, 0.3) is 11.8 Å². The van der Waals surface area contributed by atoms with Gasteiger partial charge in [-0.3, -0.25) is 14.4 Å². The van der Waals surface area contributed by atoms with E-state index in [2.05, 4.69) is 5.32 Å². The fourth-order valence-corrected chi connectivity index (χ4v) is 2.79. The first kappa shape index (κ1) is 19.8. The number of nitrogens with two attached hydrogens (primary N) is 1. The maximum Gasteiger partial charge on any atom is 0.326 e. The van der Waals surface area contributed by atoms with Crippen molar-refractivity contribution < 1.29 is 19.1 Å². The average Bonchev–Trinajstić information content (AvgIpc) is 2.77. The summed E-state index contributed by atoms with van der Waals surface area (Å²) in [5.41, 5.74) is 8.22. The van der Waals surface area contributed by atoms with Crippen LogP contribution in [0.4, 0.5) is 0 Å². The summed E-state index contributed by atoms with van der Waals surface area (Å²) in [7, 11) is 0. The smallest absolute Gasteiger partial charge is 0.326 e. The van der Waals surface area contributed by atoms with Gasteiger partial charge in [-0.15, -0.1) is 0 Å². The van der Waals surface area contributed by atoms with Crippen molar-refractivity contribution in [1.29, 1.82) is 0 Å². The maximum atomic E-state index is 12.3. The van der Waals surface area contributed by atoms with Crippen molar-refractivity contribution in [2.45, 2.75) is 6.10 Å². The van der Waals surface area contributed by atoms with E-state index in [0.717, 1.165) is 11.1 Å². The minimum Gasteiger partial charge on any atom is -0.446 e. The second-order valence-electron chi connectivity index (χ2n) is 6.31. The summed E-state index contributed by atoms with van der Waals surface area (Å²) >= 11 is 0. The van der Waals surface area contributed by atoms with Gasteiger partial charge in [-0.25, -0.2) is 0 Å². The van der Waals surface area contributed by atoms with E-state index in [4.69, 9.17) is 10.5 Å². The zero-order chi connectivity index (χ0) is 20.6. The second-order valence-corrected chi connectivity index (χ2v) is 6.31. The van der Waals surface area contributed by atoms with Crippen LogP contribution in [0, 0.1) is 0 Å². The van der Waals surface area contributed by atoms with Crippen molar-refractivity contribution >= 4 is 17.8 Å². The number of carbonyl (C=O) groups excluding carboxylic acids is 3. The molecule has 1 atom stereocenters. The molecule has 0 bridgehead atoms. The molecule has 3 N–H and O–H groups in total. The fraction of sp³-hybridized carbons (Fsp3) is 0.0870. The van der Waals surface area contributed by atoms with E-state index >= 15 is 0 Å². The molecule has 0 saturated carbocycles. The summed E-state index contributed by atoms with van der Waals surface area (Å²) in [6.45, 7) is -0.379. The number of hydrogen-bond donors (Lipinski definition) is 2. The Morgan fingerprint density at radius 1 is 0.793 bits per heavy atom. The summed E-state index contributed by atoms with van der Waals surface area (Å²) < 4.78 is 5.13.